The van der Waals surface area contributed by atoms with Crippen molar-refractivity contribution in [1.29, 1.82) is 0 Å². The number of rotatable bonds is 3. The van der Waals surface area contributed by atoms with Crippen LogP contribution >= 0.6 is 0 Å². The highest BCUT2D eigenvalue weighted by molar-refractivity contribution is 5.81. The van der Waals surface area contributed by atoms with Gasteiger partial charge in [-0.15, -0.1) is 0 Å². The fraction of sp³-hybridized carbons (Fsp3) is 0.533. The normalized spacial score (nSPS) is 16.5. The molecule has 0 bridgehead atoms. The van der Waals surface area contributed by atoms with Gasteiger partial charge in [0.15, 0.2) is 0 Å². The zero-order valence-corrected chi connectivity index (χ0v) is 11.6. The second-order valence-electron chi connectivity index (χ2n) is 5.45. The Hall–Kier alpha value is -1.55. The third-order valence-corrected chi connectivity index (χ3v) is 3.31. The van der Waals surface area contributed by atoms with E-state index in [0.29, 0.717) is 25.6 Å². The van der Waals surface area contributed by atoms with E-state index in [-0.39, 0.29) is 5.91 Å². The van der Waals surface area contributed by atoms with Crippen LogP contribution in [0.4, 0.5) is 0 Å². The zero-order chi connectivity index (χ0) is 13.8. The monoisotopic (exact) mass is 262 g/mol. The van der Waals surface area contributed by atoms with Crippen LogP contribution in [0.5, 0.6) is 5.75 Å². The molecule has 1 aliphatic rings. The highest BCUT2D eigenvalue weighted by Gasteiger charge is 2.24. The van der Waals surface area contributed by atoms with Gasteiger partial charge in [-0.1, -0.05) is 32.0 Å². The molecule has 0 unspecified atom stereocenters. The second-order valence-corrected chi connectivity index (χ2v) is 5.45. The Balaban J connectivity index is 2.07. The van der Waals surface area contributed by atoms with Gasteiger partial charge in [0.1, 0.15) is 12.4 Å². The highest BCUT2D eigenvalue weighted by atomic mass is 16.5. The Labute approximate surface area is 114 Å². The minimum Gasteiger partial charge on any atom is -0.491 e. The van der Waals surface area contributed by atoms with E-state index in [9.17, 15) is 4.79 Å². The minimum atomic E-state index is -0.412. The van der Waals surface area contributed by atoms with Crippen molar-refractivity contribution in [3.63, 3.8) is 0 Å². The average Bonchev–Trinajstić information content (AvgIpc) is 2.58. The highest BCUT2D eigenvalue weighted by Crippen LogP contribution is 2.23. The summed E-state index contributed by atoms with van der Waals surface area (Å²) in [6.45, 7) is 5.86. The molecule has 0 aliphatic carbocycles. The Kier molecular flexibility index (Phi) is 4.43. The van der Waals surface area contributed by atoms with Crippen LogP contribution in [-0.2, 0) is 11.3 Å². The first-order valence-electron chi connectivity index (χ1n) is 6.83. The van der Waals surface area contributed by atoms with Gasteiger partial charge in [0, 0.05) is 12.1 Å². The number of benzene rings is 1. The minimum absolute atomic E-state index is 0.0222. The molecule has 0 radical (unpaired) electrons. The lowest BCUT2D eigenvalue weighted by atomic mass is 10.0. The first kappa shape index (κ1) is 13.9. The van der Waals surface area contributed by atoms with Gasteiger partial charge in [-0.05, 0) is 18.4 Å². The maximum Gasteiger partial charge on any atom is 0.239 e. The third kappa shape index (κ3) is 3.47. The van der Waals surface area contributed by atoms with Crippen LogP contribution in [0.1, 0.15) is 25.8 Å². The van der Waals surface area contributed by atoms with Crippen LogP contribution in [0.3, 0.4) is 0 Å². The van der Waals surface area contributed by atoms with Gasteiger partial charge in [-0.2, -0.15) is 0 Å². The standard InChI is InChI=1S/C15H22N2O2/c1-11(2)9-13(16)15(18)17-7-8-19-14-6-4-3-5-12(14)10-17/h3-6,11,13H,7-10,16H2,1-2H3/t13-/m1/s1. The van der Waals surface area contributed by atoms with Crippen molar-refractivity contribution in [2.45, 2.75) is 32.9 Å². The molecular formula is C15H22N2O2. The molecule has 4 heteroatoms. The van der Waals surface area contributed by atoms with Crippen LogP contribution in [0.2, 0.25) is 0 Å². The lowest BCUT2D eigenvalue weighted by molar-refractivity contribution is -0.133. The fourth-order valence-corrected chi connectivity index (χ4v) is 2.36. The molecule has 0 aromatic heterocycles. The number of ether oxygens (including phenoxy) is 1. The largest absolute Gasteiger partial charge is 0.491 e. The van der Waals surface area contributed by atoms with Gasteiger partial charge in [0.2, 0.25) is 5.91 Å². The summed E-state index contributed by atoms with van der Waals surface area (Å²) in [5, 5.41) is 0. The molecule has 2 rings (SSSR count). The van der Waals surface area contributed by atoms with E-state index in [0.717, 1.165) is 17.7 Å². The molecule has 0 saturated carbocycles. The number of fused-ring (bicyclic) bond motifs is 1. The molecule has 2 N–H and O–H groups in total. The van der Waals surface area contributed by atoms with Crippen molar-refractivity contribution in [2.75, 3.05) is 13.2 Å². The lowest BCUT2D eigenvalue weighted by Gasteiger charge is -2.24. The molecule has 0 spiro atoms. The predicted molar refractivity (Wildman–Crippen MR) is 74.8 cm³/mol. The van der Waals surface area contributed by atoms with Crippen LogP contribution in [-0.4, -0.2) is 30.0 Å². The first-order chi connectivity index (χ1) is 9.08. The van der Waals surface area contributed by atoms with Crippen LogP contribution in [0, 0.1) is 5.92 Å². The summed E-state index contributed by atoms with van der Waals surface area (Å²) in [6, 6.07) is 7.43. The quantitative estimate of drug-likeness (QED) is 0.903. The van der Waals surface area contributed by atoms with Crippen LogP contribution in [0.15, 0.2) is 24.3 Å². The molecule has 1 aromatic carbocycles. The average molecular weight is 262 g/mol. The van der Waals surface area contributed by atoms with E-state index < -0.39 is 6.04 Å². The molecule has 4 nitrogen and oxygen atoms in total. The van der Waals surface area contributed by atoms with Gasteiger partial charge in [0.25, 0.3) is 0 Å². The third-order valence-electron chi connectivity index (χ3n) is 3.31. The number of para-hydroxylation sites is 1. The summed E-state index contributed by atoms with van der Waals surface area (Å²) in [4.78, 5) is 14.1. The number of carbonyl (C=O) groups is 1. The summed E-state index contributed by atoms with van der Waals surface area (Å²) in [5.41, 5.74) is 7.03. The van der Waals surface area contributed by atoms with Crippen LogP contribution in [0.25, 0.3) is 0 Å². The van der Waals surface area contributed by atoms with Crippen molar-refractivity contribution >= 4 is 5.91 Å². The second kappa shape index (κ2) is 6.06. The summed E-state index contributed by atoms with van der Waals surface area (Å²) in [5.74, 6) is 1.32. The zero-order valence-electron chi connectivity index (χ0n) is 11.6. The molecule has 0 saturated heterocycles. The van der Waals surface area contributed by atoms with E-state index in [2.05, 4.69) is 13.8 Å². The molecular weight excluding hydrogens is 240 g/mol. The molecule has 104 valence electrons. The van der Waals surface area contributed by atoms with E-state index in [1.54, 1.807) is 4.90 Å². The van der Waals surface area contributed by atoms with Crippen molar-refractivity contribution in [2.24, 2.45) is 11.7 Å². The topological polar surface area (TPSA) is 55.6 Å². The van der Waals surface area contributed by atoms with Crippen LogP contribution < -0.4 is 10.5 Å². The fourth-order valence-electron chi connectivity index (χ4n) is 2.36. The maximum absolute atomic E-state index is 12.3. The lowest BCUT2D eigenvalue weighted by Crippen LogP contribution is -2.44. The summed E-state index contributed by atoms with van der Waals surface area (Å²) in [7, 11) is 0. The Morgan fingerprint density at radius 2 is 2.16 bits per heavy atom. The molecule has 1 heterocycles. The van der Waals surface area contributed by atoms with E-state index in [1.165, 1.54) is 0 Å². The smallest absolute Gasteiger partial charge is 0.239 e. The van der Waals surface area contributed by atoms with Gasteiger partial charge in [-0.25, -0.2) is 0 Å². The van der Waals surface area contributed by atoms with Crippen molar-refractivity contribution in [1.82, 2.24) is 4.90 Å². The van der Waals surface area contributed by atoms with E-state index in [1.807, 2.05) is 24.3 Å². The maximum atomic E-state index is 12.3. The number of hydrogen-bond acceptors (Lipinski definition) is 3. The van der Waals surface area contributed by atoms with Crippen molar-refractivity contribution in [3.8, 4) is 5.75 Å². The van der Waals surface area contributed by atoms with Gasteiger partial charge >= 0.3 is 0 Å². The molecule has 19 heavy (non-hydrogen) atoms. The molecule has 1 aromatic rings. The summed E-state index contributed by atoms with van der Waals surface area (Å²) < 4.78 is 5.65. The first-order valence-corrected chi connectivity index (χ1v) is 6.83. The SMILES string of the molecule is CC(C)C[C@@H](N)C(=O)N1CCOc2ccccc2C1. The van der Waals surface area contributed by atoms with Gasteiger partial charge in [0.05, 0.1) is 12.6 Å². The number of nitrogens with zero attached hydrogens (tertiary/aromatic N) is 1. The molecule has 0 fully saturated rings. The molecule has 1 amide bonds. The number of amides is 1. The van der Waals surface area contributed by atoms with Crippen molar-refractivity contribution in [3.05, 3.63) is 29.8 Å². The van der Waals surface area contributed by atoms with Gasteiger partial charge in [-0.3, -0.25) is 4.79 Å². The molecule has 1 aliphatic heterocycles. The number of carbonyl (C=O) groups excluding carboxylic acids is 1. The summed E-state index contributed by atoms with van der Waals surface area (Å²) >= 11 is 0. The number of nitrogens with two attached hydrogens (primary N) is 1. The van der Waals surface area contributed by atoms with Crippen molar-refractivity contribution < 1.29 is 9.53 Å². The number of hydrogen-bond donors (Lipinski definition) is 1. The predicted octanol–water partition coefficient (Wildman–Crippen LogP) is 1.78. The van der Waals surface area contributed by atoms with E-state index >= 15 is 0 Å². The summed E-state index contributed by atoms with van der Waals surface area (Å²) in [6.07, 6.45) is 0.720. The Morgan fingerprint density at radius 3 is 2.89 bits per heavy atom. The Bertz CT molecular complexity index is 446. The van der Waals surface area contributed by atoms with E-state index in [4.69, 9.17) is 10.5 Å². The Morgan fingerprint density at radius 1 is 1.42 bits per heavy atom. The van der Waals surface area contributed by atoms with Gasteiger partial charge < -0.3 is 15.4 Å². The molecule has 1 atom stereocenters.